The van der Waals surface area contributed by atoms with E-state index in [1.807, 2.05) is 12.1 Å². The lowest BCUT2D eigenvalue weighted by Crippen LogP contribution is -2.12. The summed E-state index contributed by atoms with van der Waals surface area (Å²) < 4.78 is 0. The monoisotopic (exact) mass is 190 g/mol. The Morgan fingerprint density at radius 2 is 2.21 bits per heavy atom. The number of carbonyl (C=O) groups is 1. The largest absolute Gasteiger partial charge is 0.326 e. The van der Waals surface area contributed by atoms with Gasteiger partial charge in [-0.15, -0.1) is 0 Å². The molecule has 0 spiro atoms. The number of nitrogens with two attached hydrogens (primary N) is 1. The molecule has 1 amide bonds. The highest BCUT2D eigenvalue weighted by Gasteiger charge is 2.14. The first-order chi connectivity index (χ1) is 6.81. The van der Waals surface area contributed by atoms with Gasteiger partial charge >= 0.3 is 0 Å². The van der Waals surface area contributed by atoms with E-state index < -0.39 is 0 Å². The average Bonchev–Trinajstić information content (AvgIpc) is 2.38. The van der Waals surface area contributed by atoms with Crippen molar-refractivity contribution < 1.29 is 4.79 Å². The highest BCUT2D eigenvalue weighted by Crippen LogP contribution is 2.25. The van der Waals surface area contributed by atoms with Crippen LogP contribution in [0.25, 0.3) is 0 Å². The maximum Gasteiger partial charge on any atom is 0.224 e. The van der Waals surface area contributed by atoms with Gasteiger partial charge in [-0.05, 0) is 24.0 Å². The summed E-state index contributed by atoms with van der Waals surface area (Å²) in [4.78, 5) is 11.4. The van der Waals surface area contributed by atoms with Gasteiger partial charge in [-0.3, -0.25) is 4.79 Å². The fourth-order valence-corrected chi connectivity index (χ4v) is 1.83. The third-order valence-electron chi connectivity index (χ3n) is 2.57. The number of aryl methyl sites for hydroxylation is 1. The molecule has 1 aliphatic heterocycles. The van der Waals surface area contributed by atoms with Crippen molar-refractivity contribution in [2.45, 2.75) is 25.8 Å². The predicted octanol–water partition coefficient (Wildman–Crippen LogP) is 1.42. The van der Waals surface area contributed by atoms with E-state index in [1.54, 1.807) is 0 Å². The second-order valence-corrected chi connectivity index (χ2v) is 3.56. The third-order valence-corrected chi connectivity index (χ3v) is 2.57. The van der Waals surface area contributed by atoms with E-state index in [9.17, 15) is 4.79 Å². The Morgan fingerprint density at radius 1 is 1.36 bits per heavy atom. The summed E-state index contributed by atoms with van der Waals surface area (Å²) in [7, 11) is 0. The number of anilines is 1. The molecule has 0 saturated carbocycles. The Labute approximate surface area is 83.3 Å². The maximum atomic E-state index is 11.4. The molecule has 1 aromatic rings. The molecule has 0 fully saturated rings. The van der Waals surface area contributed by atoms with Gasteiger partial charge in [0.05, 0.1) is 0 Å². The molecule has 74 valence electrons. The molecule has 3 nitrogen and oxygen atoms in total. The van der Waals surface area contributed by atoms with E-state index in [4.69, 9.17) is 5.73 Å². The SMILES string of the molecule is NCc1cccc2c1NC(=O)CCC2. The fraction of sp³-hybridized carbons (Fsp3) is 0.364. The molecule has 0 radical (unpaired) electrons. The van der Waals surface area contributed by atoms with Crippen molar-refractivity contribution in [2.75, 3.05) is 5.32 Å². The van der Waals surface area contributed by atoms with Crippen LogP contribution in [-0.4, -0.2) is 5.91 Å². The lowest BCUT2D eigenvalue weighted by Gasteiger charge is -2.10. The van der Waals surface area contributed by atoms with E-state index in [-0.39, 0.29) is 5.91 Å². The Kier molecular flexibility index (Phi) is 2.50. The average molecular weight is 190 g/mol. The zero-order chi connectivity index (χ0) is 9.97. The van der Waals surface area contributed by atoms with Gasteiger partial charge in [0, 0.05) is 18.7 Å². The molecule has 0 bridgehead atoms. The molecular weight excluding hydrogens is 176 g/mol. The van der Waals surface area contributed by atoms with Gasteiger partial charge in [-0.2, -0.15) is 0 Å². The van der Waals surface area contributed by atoms with Gasteiger partial charge < -0.3 is 11.1 Å². The molecule has 0 saturated heterocycles. The van der Waals surface area contributed by atoms with Gasteiger partial charge in [0.15, 0.2) is 0 Å². The van der Waals surface area contributed by atoms with Crippen LogP contribution in [0.15, 0.2) is 18.2 Å². The number of carbonyl (C=O) groups excluding carboxylic acids is 1. The van der Waals surface area contributed by atoms with Gasteiger partial charge in [0.2, 0.25) is 5.91 Å². The second kappa shape index (κ2) is 3.80. The summed E-state index contributed by atoms with van der Waals surface area (Å²) in [6.07, 6.45) is 2.49. The Bertz CT molecular complexity index is 360. The van der Waals surface area contributed by atoms with E-state index in [0.29, 0.717) is 13.0 Å². The first-order valence-corrected chi connectivity index (χ1v) is 4.92. The Morgan fingerprint density at radius 3 is 3.00 bits per heavy atom. The maximum absolute atomic E-state index is 11.4. The number of fused-ring (bicyclic) bond motifs is 1. The summed E-state index contributed by atoms with van der Waals surface area (Å²) in [6, 6.07) is 6.02. The summed E-state index contributed by atoms with van der Waals surface area (Å²) in [5, 5.41) is 2.92. The van der Waals surface area contributed by atoms with Crippen LogP contribution in [0.4, 0.5) is 5.69 Å². The highest BCUT2D eigenvalue weighted by atomic mass is 16.1. The summed E-state index contributed by atoms with van der Waals surface area (Å²) in [5.74, 6) is 0.102. The van der Waals surface area contributed by atoms with Gasteiger partial charge in [-0.25, -0.2) is 0 Å². The van der Waals surface area contributed by atoms with Crippen LogP contribution in [-0.2, 0) is 17.8 Å². The molecule has 1 heterocycles. The van der Waals surface area contributed by atoms with Crippen molar-refractivity contribution in [3.63, 3.8) is 0 Å². The minimum atomic E-state index is 0.102. The topological polar surface area (TPSA) is 55.1 Å². The summed E-state index contributed by atoms with van der Waals surface area (Å²) in [6.45, 7) is 0.476. The van der Waals surface area contributed by atoms with Crippen LogP contribution in [0.2, 0.25) is 0 Å². The third kappa shape index (κ3) is 1.63. The van der Waals surface area contributed by atoms with Crippen molar-refractivity contribution in [3.8, 4) is 0 Å². The smallest absolute Gasteiger partial charge is 0.224 e. The standard InChI is InChI=1S/C11H14N2O/c12-7-9-5-1-3-8-4-2-6-10(14)13-11(8)9/h1,3,5H,2,4,6-7,12H2,(H,13,14). The number of nitrogens with one attached hydrogen (secondary N) is 1. The van der Waals surface area contributed by atoms with Crippen LogP contribution >= 0.6 is 0 Å². The minimum absolute atomic E-state index is 0.102. The van der Waals surface area contributed by atoms with Crippen molar-refractivity contribution in [1.29, 1.82) is 0 Å². The molecule has 0 aliphatic carbocycles. The van der Waals surface area contributed by atoms with E-state index in [2.05, 4.69) is 11.4 Å². The van der Waals surface area contributed by atoms with Crippen molar-refractivity contribution in [1.82, 2.24) is 0 Å². The molecule has 2 rings (SSSR count). The number of benzene rings is 1. The minimum Gasteiger partial charge on any atom is -0.326 e. The molecule has 1 aliphatic rings. The van der Waals surface area contributed by atoms with Crippen molar-refractivity contribution >= 4 is 11.6 Å². The molecule has 0 aromatic heterocycles. The van der Waals surface area contributed by atoms with E-state index >= 15 is 0 Å². The van der Waals surface area contributed by atoms with Crippen LogP contribution in [0.5, 0.6) is 0 Å². The molecule has 1 aromatic carbocycles. The van der Waals surface area contributed by atoms with Crippen molar-refractivity contribution in [2.24, 2.45) is 5.73 Å². The first kappa shape index (κ1) is 9.21. The van der Waals surface area contributed by atoms with Crippen molar-refractivity contribution in [3.05, 3.63) is 29.3 Å². The molecule has 3 heteroatoms. The highest BCUT2D eigenvalue weighted by molar-refractivity contribution is 5.93. The zero-order valence-electron chi connectivity index (χ0n) is 8.05. The van der Waals surface area contributed by atoms with Crippen LogP contribution in [0.1, 0.15) is 24.0 Å². The second-order valence-electron chi connectivity index (χ2n) is 3.56. The van der Waals surface area contributed by atoms with Gasteiger partial charge in [-0.1, -0.05) is 18.2 Å². The summed E-state index contributed by atoms with van der Waals surface area (Å²) in [5.41, 5.74) is 8.79. The number of para-hydroxylation sites is 1. The summed E-state index contributed by atoms with van der Waals surface area (Å²) >= 11 is 0. The van der Waals surface area contributed by atoms with Gasteiger partial charge in [0.1, 0.15) is 0 Å². The number of rotatable bonds is 1. The van der Waals surface area contributed by atoms with E-state index in [1.165, 1.54) is 5.56 Å². The van der Waals surface area contributed by atoms with E-state index in [0.717, 1.165) is 24.1 Å². The Balaban J connectivity index is 2.45. The lowest BCUT2D eigenvalue weighted by atomic mass is 10.0. The molecular formula is C11H14N2O. The van der Waals surface area contributed by atoms with Gasteiger partial charge in [0.25, 0.3) is 0 Å². The molecule has 14 heavy (non-hydrogen) atoms. The van der Waals surface area contributed by atoms with Crippen LogP contribution in [0.3, 0.4) is 0 Å². The predicted molar refractivity (Wildman–Crippen MR) is 55.9 cm³/mol. The quantitative estimate of drug-likeness (QED) is 0.703. The lowest BCUT2D eigenvalue weighted by molar-refractivity contribution is -0.116. The zero-order valence-corrected chi connectivity index (χ0v) is 8.05. The first-order valence-electron chi connectivity index (χ1n) is 4.92. The molecule has 0 unspecified atom stereocenters. The fourth-order valence-electron chi connectivity index (χ4n) is 1.83. The normalized spacial score (nSPS) is 15.6. The van der Waals surface area contributed by atoms with Crippen LogP contribution in [0, 0.1) is 0 Å². The number of hydrogen-bond donors (Lipinski definition) is 2. The number of hydrogen-bond acceptors (Lipinski definition) is 2. The molecule has 3 N–H and O–H groups in total. The Hall–Kier alpha value is -1.35. The molecule has 0 atom stereocenters. The van der Waals surface area contributed by atoms with Crippen LogP contribution < -0.4 is 11.1 Å². The number of amides is 1.